The van der Waals surface area contributed by atoms with E-state index in [1.807, 2.05) is 0 Å². The van der Waals surface area contributed by atoms with Crippen LogP contribution in [0.4, 0.5) is 0 Å². The second-order valence-electron chi connectivity index (χ2n) is 5.56. The van der Waals surface area contributed by atoms with Crippen molar-refractivity contribution in [3.63, 3.8) is 0 Å². The number of allylic oxidation sites excluding steroid dienone is 8. The molecule has 0 fully saturated rings. The minimum Gasteiger partial charge on any atom is -1.00 e. The molecule has 0 atom stereocenters. The molecule has 0 aromatic rings. The van der Waals surface area contributed by atoms with Gasteiger partial charge in [-0.05, 0) is 0 Å². The zero-order chi connectivity index (χ0) is 13.5. The summed E-state index contributed by atoms with van der Waals surface area (Å²) < 4.78 is 0. The summed E-state index contributed by atoms with van der Waals surface area (Å²) in [5.41, 5.74) is 6.06. The quantitative estimate of drug-likeness (QED) is 0.320. The van der Waals surface area contributed by atoms with E-state index in [-0.39, 0.29) is 50.7 Å². The van der Waals surface area contributed by atoms with Crippen LogP contribution >= 0.6 is 0 Å². The molecule has 0 aromatic heterocycles. The third-order valence-corrected chi connectivity index (χ3v) is 4.04. The molecule has 0 saturated carbocycles. The summed E-state index contributed by atoms with van der Waals surface area (Å²) in [7, 11) is 0. The molecule has 0 aliphatic heterocycles. The van der Waals surface area contributed by atoms with Gasteiger partial charge in [-0.25, -0.2) is 22.3 Å². The summed E-state index contributed by atoms with van der Waals surface area (Å²) in [6.45, 7) is 4.53. The van der Waals surface area contributed by atoms with E-state index >= 15 is 0 Å². The van der Waals surface area contributed by atoms with Crippen LogP contribution in [0.5, 0.6) is 0 Å². The zero-order valence-electron chi connectivity index (χ0n) is 13.8. The Labute approximate surface area is 168 Å². The van der Waals surface area contributed by atoms with E-state index in [0.29, 0.717) is 0 Å². The third kappa shape index (κ3) is 7.32. The second-order valence-corrected chi connectivity index (χ2v) is 5.56. The molecule has 2 rings (SSSR count). The molecule has 0 spiro atoms. The average Bonchev–Trinajstić information content (AvgIpc) is 3.04. The van der Waals surface area contributed by atoms with E-state index in [1.54, 1.807) is 0 Å². The van der Waals surface area contributed by atoms with Gasteiger partial charge >= 0.3 is 25.8 Å². The summed E-state index contributed by atoms with van der Waals surface area (Å²) in [4.78, 5) is 0. The van der Waals surface area contributed by atoms with Crippen LogP contribution in [0.2, 0.25) is 0 Å². The van der Waals surface area contributed by atoms with Crippen LogP contribution in [-0.2, 0) is 25.8 Å². The second kappa shape index (κ2) is 13.8. The Kier molecular flexibility index (Phi) is 15.5. The number of rotatable bonds is 8. The fourth-order valence-corrected chi connectivity index (χ4v) is 2.84. The summed E-state index contributed by atoms with van der Waals surface area (Å²) in [5, 5.41) is 0. The molecule has 22 heavy (non-hydrogen) atoms. The average molecular weight is 504 g/mol. The first-order valence-corrected chi connectivity index (χ1v) is 7.93. The van der Waals surface area contributed by atoms with Gasteiger partial charge in [-0.1, -0.05) is 52.4 Å². The van der Waals surface area contributed by atoms with Gasteiger partial charge in [0.15, 0.2) is 0 Å². The number of unbranched alkanes of at least 4 members (excludes halogenated alkanes) is 2. The van der Waals surface area contributed by atoms with E-state index in [2.05, 4.69) is 38.2 Å². The van der Waals surface area contributed by atoms with Crippen LogP contribution in [0.3, 0.4) is 0 Å². The van der Waals surface area contributed by atoms with Gasteiger partial charge in [-0.3, -0.25) is 12.2 Å². The molecule has 120 valence electrons. The van der Waals surface area contributed by atoms with Gasteiger partial charge in [-0.2, -0.15) is 12.2 Å². The van der Waals surface area contributed by atoms with Crippen molar-refractivity contribution in [3.8, 4) is 0 Å². The van der Waals surface area contributed by atoms with Crippen LogP contribution in [0.15, 0.2) is 34.4 Å². The Balaban J connectivity index is 0. The number of hydrogen-bond donors (Lipinski definition) is 0. The molecule has 0 bridgehead atoms. The minimum absolute atomic E-state index is 0. The van der Waals surface area contributed by atoms with Crippen molar-refractivity contribution < 1.29 is 50.7 Å². The molecular formula is C19H26Cl2Hf. The van der Waals surface area contributed by atoms with E-state index < -0.39 is 0 Å². The van der Waals surface area contributed by atoms with Gasteiger partial charge in [0.2, 0.25) is 0 Å². The molecule has 3 heteroatoms. The first-order valence-electron chi connectivity index (χ1n) is 7.93. The minimum atomic E-state index is 0. The van der Waals surface area contributed by atoms with Crippen molar-refractivity contribution in [1.82, 2.24) is 0 Å². The Morgan fingerprint density at radius 1 is 0.818 bits per heavy atom. The first kappa shape index (κ1) is 24.7. The Bertz CT molecular complexity index is 391. The van der Waals surface area contributed by atoms with Gasteiger partial charge in [0.1, 0.15) is 0 Å². The van der Waals surface area contributed by atoms with E-state index in [0.717, 1.165) is 19.3 Å². The Morgan fingerprint density at radius 3 is 1.59 bits per heavy atom. The fourth-order valence-electron chi connectivity index (χ4n) is 2.84. The van der Waals surface area contributed by atoms with E-state index in [4.69, 9.17) is 0 Å². The summed E-state index contributed by atoms with van der Waals surface area (Å²) in [5.74, 6) is 0. The van der Waals surface area contributed by atoms with Crippen LogP contribution < -0.4 is 24.8 Å². The molecule has 0 unspecified atom stereocenters. The van der Waals surface area contributed by atoms with Gasteiger partial charge in [0.05, 0.1) is 0 Å². The standard InChI is InChI=1S/C19H26.2ClH.Hf/c1-3-5-9-16-11-7-13-18(16)15-19-14-8-12-17(19)10-6-4-2;;;/h13-14H,3-10,15H2,1-2H3;2*1H;/q-2;;;+4/p-2. The number of halogens is 2. The molecule has 0 amide bonds. The van der Waals surface area contributed by atoms with Gasteiger partial charge < -0.3 is 24.8 Å². The molecule has 2 aliphatic rings. The third-order valence-electron chi connectivity index (χ3n) is 4.04. The summed E-state index contributed by atoms with van der Waals surface area (Å²) >= 11 is 0. The van der Waals surface area contributed by atoms with Crippen molar-refractivity contribution >= 4 is 0 Å². The zero-order valence-corrected chi connectivity index (χ0v) is 18.9. The topological polar surface area (TPSA) is 0 Å². The predicted molar refractivity (Wildman–Crippen MR) is 82.6 cm³/mol. The van der Waals surface area contributed by atoms with Crippen molar-refractivity contribution in [2.24, 2.45) is 0 Å². The van der Waals surface area contributed by atoms with Gasteiger partial charge in [0, 0.05) is 0 Å². The van der Waals surface area contributed by atoms with E-state index in [9.17, 15) is 0 Å². The monoisotopic (exact) mass is 504 g/mol. The van der Waals surface area contributed by atoms with Gasteiger partial charge in [0.25, 0.3) is 0 Å². The maximum absolute atomic E-state index is 3.54. The molecule has 0 heterocycles. The van der Waals surface area contributed by atoms with Crippen molar-refractivity contribution in [1.29, 1.82) is 0 Å². The van der Waals surface area contributed by atoms with Crippen LogP contribution in [-0.4, -0.2) is 0 Å². The molecule has 0 nitrogen and oxygen atoms in total. The first-order chi connectivity index (χ1) is 9.35. The smallest absolute Gasteiger partial charge is 1.00 e. The van der Waals surface area contributed by atoms with E-state index in [1.165, 1.54) is 60.8 Å². The van der Waals surface area contributed by atoms with Crippen molar-refractivity contribution in [2.45, 2.75) is 71.6 Å². The molecular weight excluding hydrogens is 478 g/mol. The fraction of sp³-hybridized carbons (Fsp3) is 0.579. The van der Waals surface area contributed by atoms with Gasteiger partial charge in [-0.15, -0.1) is 19.3 Å². The van der Waals surface area contributed by atoms with Crippen molar-refractivity contribution in [2.75, 3.05) is 0 Å². The predicted octanol–water partition coefficient (Wildman–Crippen LogP) is -0.118. The number of hydrogen-bond acceptors (Lipinski definition) is 0. The molecule has 0 saturated heterocycles. The molecule has 2 aliphatic carbocycles. The van der Waals surface area contributed by atoms with Crippen molar-refractivity contribution in [3.05, 3.63) is 46.6 Å². The molecule has 0 radical (unpaired) electrons. The molecule has 0 N–H and O–H groups in total. The van der Waals surface area contributed by atoms with Crippen LogP contribution in [0, 0.1) is 12.2 Å². The molecule has 0 aromatic carbocycles. The Hall–Kier alpha value is 0.410. The Morgan fingerprint density at radius 2 is 1.23 bits per heavy atom. The van der Waals surface area contributed by atoms with Crippen LogP contribution in [0.1, 0.15) is 71.6 Å². The summed E-state index contributed by atoms with van der Waals surface area (Å²) in [6.07, 6.45) is 22.6. The largest absolute Gasteiger partial charge is 4.00 e. The normalized spacial score (nSPS) is 15.7. The van der Waals surface area contributed by atoms with Crippen LogP contribution in [0.25, 0.3) is 0 Å². The SMILES string of the molecule is CCCCC1=[C-]CC=C1CC1=CC[C-]=C1CCCC.[Cl-].[Cl-].[Hf+4]. The maximum atomic E-state index is 3.54. The summed E-state index contributed by atoms with van der Waals surface area (Å²) in [6, 6.07) is 0. The maximum Gasteiger partial charge on any atom is 4.00 e.